The van der Waals surface area contributed by atoms with Crippen LogP contribution in [0.1, 0.15) is 37.3 Å². The number of benzene rings is 1. The summed E-state index contributed by atoms with van der Waals surface area (Å²) in [5.74, 6) is 1.67. The van der Waals surface area contributed by atoms with Crippen LogP contribution >= 0.6 is 11.6 Å². The topological polar surface area (TPSA) is 76.0 Å². The van der Waals surface area contributed by atoms with Crippen LogP contribution in [0.4, 0.5) is 5.82 Å². The Bertz CT molecular complexity index is 1280. The summed E-state index contributed by atoms with van der Waals surface area (Å²) in [6.45, 7) is 9.26. The van der Waals surface area contributed by atoms with Crippen LogP contribution in [0, 0.1) is 0 Å². The average Bonchev–Trinajstić information content (AvgIpc) is 3.69. The lowest BCUT2D eigenvalue weighted by atomic mass is 9.97. The highest BCUT2D eigenvalue weighted by molar-refractivity contribution is 6.33. The van der Waals surface area contributed by atoms with E-state index in [1.807, 2.05) is 18.5 Å². The van der Waals surface area contributed by atoms with Gasteiger partial charge in [0.1, 0.15) is 11.6 Å². The third-order valence-corrected chi connectivity index (χ3v) is 8.40. The SMILES string of the molecule is CC[C@H]1CN(c2ncc(-c3ncc[nH]3)cc2Cl)CCN1C1CCN(Cc2ccc(C3=CCN=N3)cc2)CC1. The quantitative estimate of drug-likeness (QED) is 0.436. The number of pyridine rings is 1. The number of hydrogen-bond acceptors (Lipinski definition) is 7. The van der Waals surface area contributed by atoms with E-state index in [-0.39, 0.29) is 0 Å². The fourth-order valence-electron chi connectivity index (χ4n) is 6.03. The van der Waals surface area contributed by atoms with Crippen LogP contribution in [0.25, 0.3) is 17.1 Å². The number of imidazole rings is 1. The molecular weight excluding hydrogens is 496 g/mol. The molecule has 1 N–H and O–H groups in total. The number of hydrogen-bond donors (Lipinski definition) is 1. The second-order valence-electron chi connectivity index (χ2n) is 10.4. The van der Waals surface area contributed by atoms with Crippen LogP contribution in [0.3, 0.4) is 0 Å². The van der Waals surface area contributed by atoms with Gasteiger partial charge in [0.25, 0.3) is 0 Å². The van der Waals surface area contributed by atoms with Crippen LogP contribution in [0.2, 0.25) is 5.02 Å². The van der Waals surface area contributed by atoms with E-state index in [1.165, 1.54) is 18.4 Å². The molecule has 38 heavy (non-hydrogen) atoms. The normalized spacial score (nSPS) is 21.3. The van der Waals surface area contributed by atoms with Crippen molar-refractivity contribution in [3.05, 3.63) is 71.1 Å². The number of anilines is 1. The number of nitrogens with one attached hydrogen (secondary N) is 1. The van der Waals surface area contributed by atoms with E-state index in [1.54, 1.807) is 6.20 Å². The summed E-state index contributed by atoms with van der Waals surface area (Å²) in [7, 11) is 0. The van der Waals surface area contributed by atoms with Crippen LogP contribution < -0.4 is 4.90 Å². The molecule has 0 unspecified atom stereocenters. The zero-order valence-electron chi connectivity index (χ0n) is 21.9. The smallest absolute Gasteiger partial charge is 0.147 e. The van der Waals surface area contributed by atoms with E-state index in [0.717, 1.165) is 74.2 Å². The molecule has 0 saturated carbocycles. The molecule has 3 aliphatic rings. The first kappa shape index (κ1) is 25.2. The fourth-order valence-corrected chi connectivity index (χ4v) is 6.32. The molecule has 2 fully saturated rings. The number of aromatic nitrogens is 3. The van der Waals surface area contributed by atoms with Crippen molar-refractivity contribution in [1.29, 1.82) is 0 Å². The number of piperazine rings is 1. The third kappa shape index (κ3) is 5.39. The standard InChI is InChI=1S/C29H35ClN8/c1-2-24-20-37(29-26(30)17-23(18-33-29)28-31-11-12-32-28)15-16-38(24)25-8-13-36(14-9-25)19-21-3-5-22(6-4-21)27-7-10-34-35-27/h3-7,11-12,17-18,24-25H,2,8-10,13-16,19-20H2,1H3,(H,31,32)/t24-/m0/s1. The number of aromatic amines is 1. The molecule has 0 radical (unpaired) electrons. The number of rotatable bonds is 7. The summed E-state index contributed by atoms with van der Waals surface area (Å²) in [4.78, 5) is 19.9. The third-order valence-electron chi connectivity index (χ3n) is 8.12. The lowest BCUT2D eigenvalue weighted by Gasteiger charge is -2.47. The van der Waals surface area contributed by atoms with Gasteiger partial charge in [-0.2, -0.15) is 10.2 Å². The molecule has 0 spiro atoms. The van der Waals surface area contributed by atoms with Gasteiger partial charge in [0.15, 0.2) is 0 Å². The fraction of sp³-hybridized carbons (Fsp3) is 0.448. The number of halogens is 1. The molecule has 9 heteroatoms. The molecule has 5 heterocycles. The van der Waals surface area contributed by atoms with Crippen molar-refractivity contribution < 1.29 is 0 Å². The molecule has 1 atom stereocenters. The first-order valence-corrected chi connectivity index (χ1v) is 14.1. The molecule has 6 rings (SSSR count). The Morgan fingerprint density at radius 1 is 1.03 bits per heavy atom. The van der Waals surface area contributed by atoms with E-state index in [2.05, 4.69) is 72.2 Å². The second kappa shape index (κ2) is 11.4. The van der Waals surface area contributed by atoms with E-state index in [0.29, 0.717) is 23.7 Å². The minimum absolute atomic E-state index is 0.512. The highest BCUT2D eigenvalue weighted by Gasteiger charge is 2.34. The maximum Gasteiger partial charge on any atom is 0.147 e. The average molecular weight is 531 g/mol. The molecule has 198 valence electrons. The van der Waals surface area contributed by atoms with Crippen molar-refractivity contribution in [3.63, 3.8) is 0 Å². The minimum Gasteiger partial charge on any atom is -0.353 e. The largest absolute Gasteiger partial charge is 0.353 e. The number of H-pyrrole nitrogens is 1. The maximum absolute atomic E-state index is 6.70. The monoisotopic (exact) mass is 530 g/mol. The molecule has 0 bridgehead atoms. The van der Waals surface area contributed by atoms with Crippen molar-refractivity contribution in [2.75, 3.05) is 44.2 Å². The predicted octanol–water partition coefficient (Wildman–Crippen LogP) is 5.50. The van der Waals surface area contributed by atoms with Gasteiger partial charge in [-0.15, -0.1) is 0 Å². The van der Waals surface area contributed by atoms with Gasteiger partial charge >= 0.3 is 0 Å². The first-order valence-electron chi connectivity index (χ1n) is 13.7. The van der Waals surface area contributed by atoms with E-state index in [4.69, 9.17) is 16.6 Å². The van der Waals surface area contributed by atoms with Crippen LogP contribution in [0.15, 0.2) is 65.2 Å². The molecule has 3 aliphatic heterocycles. The van der Waals surface area contributed by atoms with Crippen molar-refractivity contribution >= 4 is 23.1 Å². The Labute approximate surface area is 229 Å². The van der Waals surface area contributed by atoms with E-state index < -0.39 is 0 Å². The Balaban J connectivity index is 1.03. The van der Waals surface area contributed by atoms with Crippen LogP contribution in [0.5, 0.6) is 0 Å². The number of piperidine rings is 1. The van der Waals surface area contributed by atoms with Gasteiger partial charge in [-0.3, -0.25) is 9.80 Å². The van der Waals surface area contributed by atoms with Gasteiger partial charge in [-0.1, -0.05) is 42.8 Å². The highest BCUT2D eigenvalue weighted by atomic mass is 35.5. The van der Waals surface area contributed by atoms with Crippen molar-refractivity contribution in [2.45, 2.75) is 44.8 Å². The van der Waals surface area contributed by atoms with E-state index >= 15 is 0 Å². The summed E-state index contributed by atoms with van der Waals surface area (Å²) in [6, 6.07) is 12.0. The van der Waals surface area contributed by atoms with Gasteiger partial charge < -0.3 is 9.88 Å². The Hall–Kier alpha value is -3.07. The maximum atomic E-state index is 6.70. The number of azo groups is 1. The van der Waals surface area contributed by atoms with Crippen LogP contribution in [-0.2, 0) is 6.54 Å². The molecule has 2 saturated heterocycles. The summed E-state index contributed by atoms with van der Waals surface area (Å²) >= 11 is 6.70. The predicted molar refractivity (Wildman–Crippen MR) is 152 cm³/mol. The van der Waals surface area contributed by atoms with Gasteiger partial charge in [-0.05, 0) is 50.1 Å². The van der Waals surface area contributed by atoms with Gasteiger partial charge in [0.2, 0.25) is 0 Å². The lowest BCUT2D eigenvalue weighted by molar-refractivity contribution is 0.0610. The van der Waals surface area contributed by atoms with Gasteiger partial charge in [0, 0.05) is 68.0 Å². The molecule has 3 aromatic rings. The molecule has 2 aromatic heterocycles. The van der Waals surface area contributed by atoms with Gasteiger partial charge in [-0.25, -0.2) is 9.97 Å². The van der Waals surface area contributed by atoms with Crippen LogP contribution in [-0.4, -0.2) is 76.1 Å². The highest BCUT2D eigenvalue weighted by Crippen LogP contribution is 2.31. The van der Waals surface area contributed by atoms with Crippen molar-refractivity contribution in [1.82, 2.24) is 24.8 Å². The summed E-state index contributed by atoms with van der Waals surface area (Å²) in [5.41, 5.74) is 4.43. The molecule has 1 aromatic carbocycles. The minimum atomic E-state index is 0.512. The summed E-state index contributed by atoms with van der Waals surface area (Å²) < 4.78 is 0. The van der Waals surface area contributed by atoms with Crippen molar-refractivity contribution in [2.24, 2.45) is 10.2 Å². The molecule has 0 aliphatic carbocycles. The summed E-state index contributed by atoms with van der Waals surface area (Å²) in [6.07, 6.45) is 11.1. The Kier molecular flexibility index (Phi) is 7.53. The molecule has 8 nitrogen and oxygen atoms in total. The van der Waals surface area contributed by atoms with Crippen molar-refractivity contribution in [3.8, 4) is 11.4 Å². The zero-order chi connectivity index (χ0) is 25.9. The Morgan fingerprint density at radius 3 is 2.55 bits per heavy atom. The molecular formula is C29H35ClN8. The summed E-state index contributed by atoms with van der Waals surface area (Å²) in [5, 5.41) is 8.95. The Morgan fingerprint density at radius 2 is 1.87 bits per heavy atom. The van der Waals surface area contributed by atoms with Gasteiger partial charge in [0.05, 0.1) is 17.3 Å². The molecule has 0 amide bonds. The van der Waals surface area contributed by atoms with E-state index in [9.17, 15) is 0 Å². The zero-order valence-corrected chi connectivity index (χ0v) is 22.7. The number of likely N-dealkylation sites (tertiary alicyclic amines) is 1. The number of nitrogens with zero attached hydrogens (tertiary/aromatic N) is 7. The second-order valence-corrected chi connectivity index (χ2v) is 10.8. The lowest BCUT2D eigenvalue weighted by Crippen LogP contribution is -2.58. The first-order chi connectivity index (χ1) is 18.7.